The van der Waals surface area contributed by atoms with Crippen LogP contribution in [-0.2, 0) is 15.7 Å². The molecule has 0 unspecified atom stereocenters. The smallest absolute Gasteiger partial charge is 0.382 e. The molecule has 22 heavy (non-hydrogen) atoms. The van der Waals surface area contributed by atoms with Crippen molar-refractivity contribution in [3.8, 4) is 0 Å². The number of benzene rings is 1. The average Bonchev–Trinajstić information content (AvgIpc) is 2.46. The first-order chi connectivity index (χ1) is 10.3. The van der Waals surface area contributed by atoms with E-state index in [1.165, 1.54) is 13.2 Å². The van der Waals surface area contributed by atoms with Crippen LogP contribution in [0.2, 0.25) is 0 Å². The number of anilines is 1. The Morgan fingerprint density at radius 3 is 2.82 bits per heavy atom. The molecule has 122 valence electrons. The van der Waals surface area contributed by atoms with E-state index in [2.05, 4.69) is 0 Å². The van der Waals surface area contributed by atoms with Crippen LogP contribution in [0.4, 0.5) is 18.9 Å². The first-order valence-corrected chi connectivity index (χ1v) is 6.69. The van der Waals surface area contributed by atoms with Gasteiger partial charge in [0.1, 0.15) is 0 Å². The molecule has 1 atom stereocenters. The number of carbonyl (C=O) groups is 1. The molecule has 0 radical (unpaired) electrons. The minimum absolute atomic E-state index is 0.145. The number of rotatable bonds is 4. The highest BCUT2D eigenvalue weighted by molar-refractivity contribution is 5.99. The third-order valence-corrected chi connectivity index (χ3v) is 3.42. The van der Waals surface area contributed by atoms with Crippen molar-refractivity contribution in [2.45, 2.75) is 12.3 Å². The number of carbonyl (C=O) groups excluding carboxylic acids is 1. The first kappa shape index (κ1) is 16.6. The standard InChI is InChI=1S/C14H17F3N2O3/c1-21-8-10-7-19(4-5-22-10)12-3-2-9(14(15,16)17)6-11(12)13(18)20/h2-3,6,10H,4-5,7-8H2,1H3,(H2,18,20)/t10-/m1/s1. The molecule has 1 aliphatic heterocycles. The molecule has 2 N–H and O–H groups in total. The highest BCUT2D eigenvalue weighted by Gasteiger charge is 2.32. The summed E-state index contributed by atoms with van der Waals surface area (Å²) >= 11 is 0. The van der Waals surface area contributed by atoms with Crippen LogP contribution in [0.3, 0.4) is 0 Å². The summed E-state index contributed by atoms with van der Waals surface area (Å²) in [5, 5.41) is 0. The molecule has 5 nitrogen and oxygen atoms in total. The number of hydrogen-bond donors (Lipinski definition) is 1. The first-order valence-electron chi connectivity index (χ1n) is 6.69. The number of morpholine rings is 1. The van der Waals surface area contributed by atoms with Gasteiger partial charge in [-0.15, -0.1) is 0 Å². The summed E-state index contributed by atoms with van der Waals surface area (Å²) in [5.41, 5.74) is 4.58. The van der Waals surface area contributed by atoms with Gasteiger partial charge in [-0.05, 0) is 18.2 Å². The molecule has 2 rings (SSSR count). The number of nitrogens with two attached hydrogens (primary N) is 1. The number of hydrogen-bond acceptors (Lipinski definition) is 4. The predicted octanol–water partition coefficient (Wildman–Crippen LogP) is 1.66. The third-order valence-electron chi connectivity index (χ3n) is 3.42. The van der Waals surface area contributed by atoms with Crippen LogP contribution in [0.1, 0.15) is 15.9 Å². The molecule has 0 bridgehead atoms. The van der Waals surface area contributed by atoms with Gasteiger partial charge in [0.05, 0.1) is 30.4 Å². The lowest BCUT2D eigenvalue weighted by Crippen LogP contribution is -2.45. The molecule has 1 amide bonds. The second kappa shape index (κ2) is 6.53. The fraction of sp³-hybridized carbons (Fsp3) is 0.500. The zero-order valence-corrected chi connectivity index (χ0v) is 12.0. The van der Waals surface area contributed by atoms with Gasteiger partial charge in [-0.1, -0.05) is 0 Å². The Kier molecular flexibility index (Phi) is 4.92. The van der Waals surface area contributed by atoms with Crippen molar-refractivity contribution < 1.29 is 27.4 Å². The fourth-order valence-corrected chi connectivity index (χ4v) is 2.41. The molecular weight excluding hydrogens is 301 g/mol. The highest BCUT2D eigenvalue weighted by Crippen LogP contribution is 2.33. The minimum Gasteiger partial charge on any atom is -0.382 e. The number of halogens is 3. The van der Waals surface area contributed by atoms with Crippen LogP contribution < -0.4 is 10.6 Å². The monoisotopic (exact) mass is 318 g/mol. The number of alkyl halides is 3. The molecule has 0 saturated carbocycles. The Labute approximate surface area is 125 Å². The van der Waals surface area contributed by atoms with Crippen molar-refractivity contribution in [3.05, 3.63) is 29.3 Å². The summed E-state index contributed by atoms with van der Waals surface area (Å²) < 4.78 is 48.8. The van der Waals surface area contributed by atoms with Gasteiger partial charge >= 0.3 is 6.18 Å². The van der Waals surface area contributed by atoms with E-state index in [0.717, 1.165) is 12.1 Å². The van der Waals surface area contributed by atoms with Gasteiger partial charge in [0.25, 0.3) is 5.91 Å². The van der Waals surface area contributed by atoms with Crippen LogP contribution in [0.15, 0.2) is 18.2 Å². The molecule has 1 aliphatic rings. The van der Waals surface area contributed by atoms with Crippen LogP contribution in [0, 0.1) is 0 Å². The minimum atomic E-state index is -4.52. The Morgan fingerprint density at radius 2 is 2.23 bits per heavy atom. The molecular formula is C14H17F3N2O3. The van der Waals surface area contributed by atoms with E-state index in [1.54, 1.807) is 4.90 Å². The van der Waals surface area contributed by atoms with Crippen molar-refractivity contribution >= 4 is 11.6 Å². The van der Waals surface area contributed by atoms with Gasteiger partial charge < -0.3 is 20.1 Å². The Balaban J connectivity index is 2.32. The average molecular weight is 318 g/mol. The van der Waals surface area contributed by atoms with Crippen molar-refractivity contribution in [2.24, 2.45) is 5.73 Å². The van der Waals surface area contributed by atoms with E-state index in [9.17, 15) is 18.0 Å². The molecule has 1 aromatic carbocycles. The second-order valence-electron chi connectivity index (χ2n) is 4.99. The van der Waals surface area contributed by atoms with Gasteiger partial charge in [0.2, 0.25) is 0 Å². The van der Waals surface area contributed by atoms with Gasteiger partial charge in [0.15, 0.2) is 0 Å². The lowest BCUT2D eigenvalue weighted by Gasteiger charge is -2.35. The quantitative estimate of drug-likeness (QED) is 0.917. The third kappa shape index (κ3) is 3.69. The van der Waals surface area contributed by atoms with Crippen LogP contribution in [-0.4, -0.2) is 45.4 Å². The SMILES string of the molecule is COC[C@H]1CN(c2ccc(C(F)(F)F)cc2C(N)=O)CCO1. The summed E-state index contributed by atoms with van der Waals surface area (Å²) in [6.45, 7) is 1.64. The largest absolute Gasteiger partial charge is 0.416 e. The second-order valence-corrected chi connectivity index (χ2v) is 4.99. The van der Waals surface area contributed by atoms with Crippen LogP contribution in [0.5, 0.6) is 0 Å². The summed E-state index contributed by atoms with van der Waals surface area (Å²) in [6.07, 6.45) is -4.73. The van der Waals surface area contributed by atoms with E-state index in [0.29, 0.717) is 32.0 Å². The molecule has 0 spiro atoms. The lowest BCUT2D eigenvalue weighted by molar-refractivity contribution is -0.137. The molecule has 1 saturated heterocycles. The normalized spacial score (nSPS) is 19.3. The molecule has 1 aromatic rings. The summed E-state index contributed by atoms with van der Waals surface area (Å²) in [7, 11) is 1.54. The molecule has 1 heterocycles. The van der Waals surface area contributed by atoms with Crippen molar-refractivity contribution in [2.75, 3.05) is 38.3 Å². The summed E-state index contributed by atoms with van der Waals surface area (Å²) in [4.78, 5) is 13.3. The highest BCUT2D eigenvalue weighted by atomic mass is 19.4. The van der Waals surface area contributed by atoms with Gasteiger partial charge in [0, 0.05) is 25.9 Å². The fourth-order valence-electron chi connectivity index (χ4n) is 2.41. The van der Waals surface area contributed by atoms with E-state index in [1.807, 2.05) is 0 Å². The topological polar surface area (TPSA) is 64.8 Å². The van der Waals surface area contributed by atoms with Gasteiger partial charge in [-0.2, -0.15) is 13.2 Å². The molecule has 0 aromatic heterocycles. The zero-order chi connectivity index (χ0) is 16.3. The van der Waals surface area contributed by atoms with Gasteiger partial charge in [-0.3, -0.25) is 4.79 Å². The number of methoxy groups -OCH3 is 1. The summed E-state index contributed by atoms with van der Waals surface area (Å²) in [5.74, 6) is -0.893. The van der Waals surface area contributed by atoms with E-state index < -0.39 is 17.6 Å². The predicted molar refractivity (Wildman–Crippen MR) is 73.8 cm³/mol. The molecule has 8 heteroatoms. The Bertz CT molecular complexity index is 547. The Morgan fingerprint density at radius 1 is 1.50 bits per heavy atom. The maximum atomic E-state index is 12.8. The number of amides is 1. The maximum absolute atomic E-state index is 12.8. The van der Waals surface area contributed by atoms with Gasteiger partial charge in [-0.25, -0.2) is 0 Å². The number of nitrogens with zero attached hydrogens (tertiary/aromatic N) is 1. The number of ether oxygens (including phenoxy) is 2. The van der Waals surface area contributed by atoms with Crippen LogP contribution >= 0.6 is 0 Å². The van der Waals surface area contributed by atoms with E-state index in [-0.39, 0.29) is 11.7 Å². The van der Waals surface area contributed by atoms with Crippen molar-refractivity contribution in [3.63, 3.8) is 0 Å². The molecule has 0 aliphatic carbocycles. The summed E-state index contributed by atoms with van der Waals surface area (Å²) in [6, 6.07) is 3.01. The zero-order valence-electron chi connectivity index (χ0n) is 12.0. The molecule has 1 fully saturated rings. The number of primary amides is 1. The van der Waals surface area contributed by atoms with E-state index in [4.69, 9.17) is 15.2 Å². The van der Waals surface area contributed by atoms with E-state index >= 15 is 0 Å². The van der Waals surface area contributed by atoms with Crippen LogP contribution in [0.25, 0.3) is 0 Å². The Hall–Kier alpha value is -1.80. The lowest BCUT2D eigenvalue weighted by atomic mass is 10.1. The van der Waals surface area contributed by atoms with Crippen molar-refractivity contribution in [1.82, 2.24) is 0 Å². The van der Waals surface area contributed by atoms with Crippen molar-refractivity contribution in [1.29, 1.82) is 0 Å². The maximum Gasteiger partial charge on any atom is 0.416 e.